The lowest BCUT2D eigenvalue weighted by Gasteiger charge is -2.50. The summed E-state index contributed by atoms with van der Waals surface area (Å²) in [6.07, 6.45) is 2.08. The molecule has 2 aliphatic rings. The van der Waals surface area contributed by atoms with Crippen LogP contribution in [-0.4, -0.2) is 33.6 Å². The molecule has 2 rings (SSSR count). The highest BCUT2D eigenvalue weighted by Gasteiger charge is 2.50. The molecule has 12 heavy (non-hydrogen) atoms. The van der Waals surface area contributed by atoms with Gasteiger partial charge in [-0.25, -0.2) is 0 Å². The third-order valence-electron chi connectivity index (χ3n) is 2.96. The Morgan fingerprint density at radius 2 is 1.92 bits per heavy atom. The molecule has 1 aliphatic heterocycles. The van der Waals surface area contributed by atoms with Crippen LogP contribution in [0, 0.1) is 5.92 Å². The molecule has 2 fully saturated rings. The maximum atomic E-state index is 11.3. The Morgan fingerprint density at radius 3 is 2.58 bits per heavy atom. The highest BCUT2D eigenvalue weighted by Crippen LogP contribution is 2.42. The fourth-order valence-corrected chi connectivity index (χ4v) is 3.34. The summed E-state index contributed by atoms with van der Waals surface area (Å²) >= 11 is 7.20. The number of amides is 1. The third kappa shape index (κ3) is 1.15. The molecule has 1 saturated heterocycles. The van der Waals surface area contributed by atoms with Crippen LogP contribution < -0.4 is 0 Å². The second-order valence-electron chi connectivity index (χ2n) is 3.63. The highest BCUT2D eigenvalue weighted by molar-refractivity contribution is 9.12. The van der Waals surface area contributed by atoms with E-state index in [1.54, 1.807) is 0 Å². The van der Waals surface area contributed by atoms with E-state index < -0.39 is 0 Å². The molecule has 0 aromatic heterocycles. The van der Waals surface area contributed by atoms with Gasteiger partial charge in [-0.1, -0.05) is 31.9 Å². The van der Waals surface area contributed by atoms with Gasteiger partial charge in [0.25, 0.3) is 0 Å². The molecule has 4 atom stereocenters. The molecule has 1 aliphatic carbocycles. The Kier molecular flexibility index (Phi) is 2.24. The molecule has 68 valence electrons. The van der Waals surface area contributed by atoms with E-state index in [9.17, 15) is 4.79 Å². The van der Waals surface area contributed by atoms with Crippen LogP contribution in [0.3, 0.4) is 0 Å². The Bertz CT molecular complexity index is 221. The monoisotopic (exact) mass is 295 g/mol. The highest BCUT2D eigenvalue weighted by atomic mass is 79.9. The maximum absolute atomic E-state index is 11.3. The van der Waals surface area contributed by atoms with Crippen LogP contribution in [0.1, 0.15) is 12.8 Å². The molecule has 1 saturated carbocycles. The first-order chi connectivity index (χ1) is 5.61. The van der Waals surface area contributed by atoms with E-state index in [1.165, 1.54) is 0 Å². The van der Waals surface area contributed by atoms with Crippen LogP contribution in [-0.2, 0) is 4.79 Å². The molecule has 0 unspecified atom stereocenters. The number of halogens is 2. The van der Waals surface area contributed by atoms with Crippen molar-refractivity contribution in [2.45, 2.75) is 28.5 Å². The number of carbonyl (C=O) groups is 1. The van der Waals surface area contributed by atoms with Crippen molar-refractivity contribution in [3.8, 4) is 0 Å². The van der Waals surface area contributed by atoms with Crippen molar-refractivity contribution >= 4 is 37.8 Å². The van der Waals surface area contributed by atoms with E-state index in [0.29, 0.717) is 27.5 Å². The molecule has 0 aromatic carbocycles. The molecule has 0 radical (unpaired) electrons. The van der Waals surface area contributed by atoms with Gasteiger partial charge in [0, 0.05) is 22.7 Å². The fourth-order valence-electron chi connectivity index (χ4n) is 2.13. The molecule has 1 heterocycles. The number of fused-ring (bicyclic) bond motifs is 1. The summed E-state index contributed by atoms with van der Waals surface area (Å²) in [5.41, 5.74) is 0. The van der Waals surface area contributed by atoms with Gasteiger partial charge >= 0.3 is 0 Å². The van der Waals surface area contributed by atoms with E-state index in [0.717, 1.165) is 12.8 Å². The van der Waals surface area contributed by atoms with Crippen molar-refractivity contribution in [2.75, 3.05) is 7.05 Å². The van der Waals surface area contributed by atoms with Crippen LogP contribution in [0.4, 0.5) is 0 Å². The predicted molar refractivity (Wildman–Crippen MR) is 54.7 cm³/mol. The van der Waals surface area contributed by atoms with Gasteiger partial charge < -0.3 is 4.90 Å². The fraction of sp³-hybridized carbons (Fsp3) is 0.875. The Labute approximate surface area is 88.9 Å². The number of carbonyl (C=O) groups excluding carboxylic acids is 1. The summed E-state index contributed by atoms with van der Waals surface area (Å²) in [5.74, 6) is 0.622. The Hall–Kier alpha value is 0.430. The van der Waals surface area contributed by atoms with Gasteiger partial charge in [-0.05, 0) is 12.8 Å². The minimum atomic E-state index is 0.299. The van der Waals surface area contributed by atoms with Gasteiger partial charge in [-0.3, -0.25) is 4.79 Å². The Morgan fingerprint density at radius 1 is 1.33 bits per heavy atom. The van der Waals surface area contributed by atoms with Crippen molar-refractivity contribution in [1.29, 1.82) is 0 Å². The Balaban J connectivity index is 2.07. The third-order valence-corrected chi connectivity index (χ3v) is 5.70. The molecular formula is C8H11Br2NO. The van der Waals surface area contributed by atoms with E-state index in [2.05, 4.69) is 31.9 Å². The predicted octanol–water partition coefficient (Wildman–Crippen LogP) is 1.76. The average Bonchev–Trinajstić information content (AvgIpc) is 2.08. The second-order valence-corrected chi connectivity index (χ2v) is 5.98. The van der Waals surface area contributed by atoms with Gasteiger partial charge in [-0.15, -0.1) is 0 Å². The van der Waals surface area contributed by atoms with E-state index >= 15 is 0 Å². The van der Waals surface area contributed by atoms with Crippen LogP contribution in [0.2, 0.25) is 0 Å². The van der Waals surface area contributed by atoms with Gasteiger partial charge in [0.1, 0.15) is 0 Å². The average molecular weight is 297 g/mol. The number of hydrogen-bond acceptors (Lipinski definition) is 1. The summed E-state index contributed by atoms with van der Waals surface area (Å²) in [6.45, 7) is 0. The van der Waals surface area contributed by atoms with Crippen molar-refractivity contribution in [1.82, 2.24) is 4.90 Å². The standard InChI is InChI=1S/C8H11Br2NO/c1-11-7-3-6(10)5(9)2-4(7)8(11)12/h4-7H,2-3H2,1H3/t4-,5+,6-,7-/m0/s1. The topological polar surface area (TPSA) is 20.3 Å². The molecule has 0 aromatic rings. The summed E-state index contributed by atoms with van der Waals surface area (Å²) < 4.78 is 0. The van der Waals surface area contributed by atoms with Crippen LogP contribution in [0.25, 0.3) is 0 Å². The van der Waals surface area contributed by atoms with Gasteiger partial charge in [0.05, 0.1) is 5.92 Å². The largest absolute Gasteiger partial charge is 0.342 e. The first kappa shape index (κ1) is 9.00. The minimum Gasteiger partial charge on any atom is -0.342 e. The van der Waals surface area contributed by atoms with E-state index in [-0.39, 0.29) is 0 Å². The SMILES string of the molecule is CN1C(=O)[C@H]2C[C@@H](Br)[C@@H](Br)C[C@@H]21. The summed E-state index contributed by atoms with van der Waals surface area (Å²) in [5, 5.41) is 0. The second kappa shape index (κ2) is 2.98. The van der Waals surface area contributed by atoms with Crippen molar-refractivity contribution in [3.05, 3.63) is 0 Å². The van der Waals surface area contributed by atoms with E-state index in [1.807, 2.05) is 11.9 Å². The molecule has 2 nitrogen and oxygen atoms in total. The smallest absolute Gasteiger partial charge is 0.227 e. The lowest BCUT2D eigenvalue weighted by molar-refractivity contribution is -0.155. The minimum absolute atomic E-state index is 0.299. The zero-order valence-electron chi connectivity index (χ0n) is 6.84. The van der Waals surface area contributed by atoms with Gasteiger partial charge in [0.2, 0.25) is 5.91 Å². The van der Waals surface area contributed by atoms with Crippen molar-refractivity contribution < 1.29 is 4.79 Å². The van der Waals surface area contributed by atoms with Gasteiger partial charge in [0.15, 0.2) is 0 Å². The number of likely N-dealkylation sites (tertiary alicyclic amines) is 1. The first-order valence-electron chi connectivity index (χ1n) is 4.16. The summed E-state index contributed by atoms with van der Waals surface area (Å²) in [4.78, 5) is 14.2. The van der Waals surface area contributed by atoms with Crippen molar-refractivity contribution in [3.63, 3.8) is 0 Å². The number of hydrogen-bond donors (Lipinski definition) is 0. The van der Waals surface area contributed by atoms with Gasteiger partial charge in [-0.2, -0.15) is 0 Å². The van der Waals surface area contributed by atoms with E-state index in [4.69, 9.17) is 0 Å². The molecular weight excluding hydrogens is 286 g/mol. The van der Waals surface area contributed by atoms with Crippen molar-refractivity contribution in [2.24, 2.45) is 5.92 Å². The summed E-state index contributed by atoms with van der Waals surface area (Å²) in [7, 11) is 1.90. The van der Waals surface area contributed by atoms with Crippen LogP contribution in [0.15, 0.2) is 0 Å². The molecule has 0 spiro atoms. The maximum Gasteiger partial charge on any atom is 0.227 e. The molecule has 0 bridgehead atoms. The molecule has 1 amide bonds. The molecule has 0 N–H and O–H groups in total. The number of alkyl halides is 2. The lowest BCUT2D eigenvalue weighted by Crippen LogP contribution is -2.62. The zero-order valence-corrected chi connectivity index (χ0v) is 10.0. The first-order valence-corrected chi connectivity index (χ1v) is 5.99. The summed E-state index contributed by atoms with van der Waals surface area (Å²) in [6, 6.07) is 0.496. The zero-order chi connectivity index (χ0) is 8.88. The van der Waals surface area contributed by atoms with Crippen LogP contribution in [0.5, 0.6) is 0 Å². The lowest BCUT2D eigenvalue weighted by atomic mass is 9.76. The number of rotatable bonds is 0. The van der Waals surface area contributed by atoms with Crippen LogP contribution >= 0.6 is 31.9 Å². The normalized spacial score (nSPS) is 46.9. The number of β-lactam (4-membered cyclic amide) rings is 1. The molecule has 4 heteroatoms. The number of nitrogens with zero attached hydrogens (tertiary/aromatic N) is 1. The quantitative estimate of drug-likeness (QED) is 0.493.